The summed E-state index contributed by atoms with van der Waals surface area (Å²) in [6, 6.07) is 0. The van der Waals surface area contributed by atoms with Crippen molar-refractivity contribution in [1.82, 2.24) is 0 Å². The molecule has 1 aliphatic heterocycles. The van der Waals surface area contributed by atoms with Crippen molar-refractivity contribution in [1.29, 1.82) is 0 Å². The van der Waals surface area contributed by atoms with Crippen molar-refractivity contribution in [2.24, 2.45) is 17.6 Å². The van der Waals surface area contributed by atoms with Gasteiger partial charge in [0, 0.05) is 18.8 Å². The molecule has 0 amide bonds. The Morgan fingerprint density at radius 3 is 2.21 bits per heavy atom. The Morgan fingerprint density at radius 2 is 1.64 bits per heavy atom. The van der Waals surface area contributed by atoms with E-state index < -0.39 is 0 Å². The van der Waals surface area contributed by atoms with Gasteiger partial charge >= 0.3 is 0 Å². The molecule has 0 aromatic rings. The highest BCUT2D eigenvalue weighted by molar-refractivity contribution is 4.94. The van der Waals surface area contributed by atoms with E-state index in [0.29, 0.717) is 0 Å². The fourth-order valence-electron chi connectivity index (χ4n) is 2.99. The fourth-order valence-corrected chi connectivity index (χ4v) is 2.99. The topological polar surface area (TPSA) is 35.2 Å². The molecule has 0 aromatic carbocycles. The molecule has 1 aliphatic carbocycles. The lowest BCUT2D eigenvalue weighted by Gasteiger charge is -2.43. The normalized spacial score (nSPS) is 38.1. The summed E-state index contributed by atoms with van der Waals surface area (Å²) in [6.45, 7) is 4.12. The quantitative estimate of drug-likeness (QED) is 0.700. The van der Waals surface area contributed by atoms with Crippen LogP contribution in [0.1, 0.15) is 45.4 Å². The molecule has 14 heavy (non-hydrogen) atoms. The van der Waals surface area contributed by atoms with E-state index in [2.05, 4.69) is 6.92 Å². The molecule has 2 heteroatoms. The van der Waals surface area contributed by atoms with Gasteiger partial charge in [-0.1, -0.05) is 19.8 Å². The van der Waals surface area contributed by atoms with Gasteiger partial charge in [0.15, 0.2) is 0 Å². The van der Waals surface area contributed by atoms with Crippen molar-refractivity contribution in [2.75, 3.05) is 13.2 Å². The molecule has 0 spiro atoms. The molecule has 2 aliphatic rings. The van der Waals surface area contributed by atoms with Crippen LogP contribution >= 0.6 is 0 Å². The second-order valence-electron chi connectivity index (χ2n) is 5.30. The lowest BCUT2D eigenvalue weighted by Crippen LogP contribution is -2.52. The fraction of sp³-hybridized carbons (Fsp3) is 1.00. The monoisotopic (exact) mass is 197 g/mol. The van der Waals surface area contributed by atoms with Crippen LogP contribution < -0.4 is 5.73 Å². The van der Waals surface area contributed by atoms with Crippen molar-refractivity contribution < 1.29 is 4.74 Å². The Balaban J connectivity index is 1.92. The maximum absolute atomic E-state index is 6.50. The molecule has 1 saturated heterocycles. The van der Waals surface area contributed by atoms with Crippen LogP contribution in [-0.4, -0.2) is 18.8 Å². The van der Waals surface area contributed by atoms with Crippen molar-refractivity contribution in [3.05, 3.63) is 0 Å². The van der Waals surface area contributed by atoms with Crippen LogP contribution in [0.25, 0.3) is 0 Å². The first-order valence-electron chi connectivity index (χ1n) is 6.07. The van der Waals surface area contributed by atoms with Crippen LogP contribution in [0.4, 0.5) is 0 Å². The molecular formula is C12H23NO. The molecule has 2 fully saturated rings. The summed E-state index contributed by atoms with van der Waals surface area (Å²) in [7, 11) is 0. The smallest absolute Gasteiger partial charge is 0.0483 e. The lowest BCUT2D eigenvalue weighted by atomic mass is 9.69. The number of hydrogen-bond donors (Lipinski definition) is 1. The summed E-state index contributed by atoms with van der Waals surface area (Å²) in [5.41, 5.74) is 6.61. The molecule has 2 N–H and O–H groups in total. The molecule has 2 rings (SSSR count). The van der Waals surface area contributed by atoms with Crippen molar-refractivity contribution in [2.45, 2.75) is 51.0 Å². The molecule has 0 aromatic heterocycles. The Morgan fingerprint density at radius 1 is 1.07 bits per heavy atom. The molecule has 2 nitrogen and oxygen atoms in total. The number of hydrogen-bond acceptors (Lipinski definition) is 2. The minimum absolute atomic E-state index is 0.110. The van der Waals surface area contributed by atoms with E-state index >= 15 is 0 Å². The minimum Gasteiger partial charge on any atom is -0.381 e. The Bertz CT molecular complexity index is 179. The first-order chi connectivity index (χ1) is 6.71. The van der Waals surface area contributed by atoms with Crippen LogP contribution in [0.15, 0.2) is 0 Å². The molecule has 0 bridgehead atoms. The minimum atomic E-state index is 0.110. The van der Waals surface area contributed by atoms with Crippen LogP contribution in [0.3, 0.4) is 0 Å². The van der Waals surface area contributed by atoms with Gasteiger partial charge in [-0.25, -0.2) is 0 Å². The van der Waals surface area contributed by atoms with E-state index in [-0.39, 0.29) is 5.54 Å². The van der Waals surface area contributed by atoms with Gasteiger partial charge in [0.05, 0.1) is 0 Å². The second-order valence-corrected chi connectivity index (χ2v) is 5.30. The molecule has 82 valence electrons. The van der Waals surface area contributed by atoms with E-state index in [1.807, 2.05) is 0 Å². The van der Waals surface area contributed by atoms with E-state index in [0.717, 1.165) is 37.9 Å². The summed E-state index contributed by atoms with van der Waals surface area (Å²) >= 11 is 0. The highest BCUT2D eigenvalue weighted by Gasteiger charge is 2.37. The molecule has 1 heterocycles. The Kier molecular flexibility index (Phi) is 3.13. The van der Waals surface area contributed by atoms with Crippen molar-refractivity contribution in [3.63, 3.8) is 0 Å². The van der Waals surface area contributed by atoms with Crippen LogP contribution in [-0.2, 0) is 4.74 Å². The predicted octanol–water partition coefficient (Wildman–Crippen LogP) is 2.32. The zero-order valence-corrected chi connectivity index (χ0v) is 9.30. The van der Waals surface area contributed by atoms with Crippen LogP contribution in [0.5, 0.6) is 0 Å². The maximum Gasteiger partial charge on any atom is 0.0483 e. The van der Waals surface area contributed by atoms with Gasteiger partial charge in [-0.05, 0) is 37.5 Å². The molecule has 1 saturated carbocycles. The second kappa shape index (κ2) is 4.19. The van der Waals surface area contributed by atoms with Gasteiger partial charge < -0.3 is 10.5 Å². The maximum atomic E-state index is 6.50. The average molecular weight is 197 g/mol. The van der Waals surface area contributed by atoms with Crippen molar-refractivity contribution in [3.8, 4) is 0 Å². The van der Waals surface area contributed by atoms with Gasteiger partial charge in [-0.3, -0.25) is 0 Å². The SMILES string of the molecule is CC1CCC(C2(N)CCOCC2)CC1. The zero-order valence-electron chi connectivity index (χ0n) is 9.30. The van der Waals surface area contributed by atoms with E-state index in [9.17, 15) is 0 Å². The largest absolute Gasteiger partial charge is 0.381 e. The summed E-state index contributed by atoms with van der Waals surface area (Å²) < 4.78 is 5.40. The van der Waals surface area contributed by atoms with Gasteiger partial charge in [-0.2, -0.15) is 0 Å². The van der Waals surface area contributed by atoms with E-state index in [1.54, 1.807) is 0 Å². The highest BCUT2D eigenvalue weighted by atomic mass is 16.5. The van der Waals surface area contributed by atoms with Crippen LogP contribution in [0.2, 0.25) is 0 Å². The molecule has 0 radical (unpaired) electrons. The molecule has 0 atom stereocenters. The Hall–Kier alpha value is -0.0800. The third-order valence-electron chi connectivity index (χ3n) is 4.25. The van der Waals surface area contributed by atoms with Gasteiger partial charge in [-0.15, -0.1) is 0 Å². The predicted molar refractivity (Wildman–Crippen MR) is 58.1 cm³/mol. The zero-order chi connectivity index (χ0) is 10.0. The standard InChI is InChI=1S/C12H23NO/c1-10-2-4-11(5-3-10)12(13)6-8-14-9-7-12/h10-11H,2-9,13H2,1H3. The lowest BCUT2D eigenvalue weighted by molar-refractivity contribution is 0.0184. The third kappa shape index (κ3) is 2.12. The summed E-state index contributed by atoms with van der Waals surface area (Å²) in [4.78, 5) is 0. The number of ether oxygens (including phenoxy) is 1. The third-order valence-corrected chi connectivity index (χ3v) is 4.25. The summed E-state index contributed by atoms with van der Waals surface area (Å²) in [6.07, 6.45) is 7.60. The average Bonchev–Trinajstić information content (AvgIpc) is 2.19. The van der Waals surface area contributed by atoms with E-state index in [4.69, 9.17) is 10.5 Å². The van der Waals surface area contributed by atoms with Crippen molar-refractivity contribution >= 4 is 0 Å². The summed E-state index contributed by atoms with van der Waals surface area (Å²) in [5.74, 6) is 1.69. The van der Waals surface area contributed by atoms with Gasteiger partial charge in [0.1, 0.15) is 0 Å². The van der Waals surface area contributed by atoms with Gasteiger partial charge in [0.25, 0.3) is 0 Å². The van der Waals surface area contributed by atoms with Gasteiger partial charge in [0.2, 0.25) is 0 Å². The Labute approximate surface area is 87.2 Å². The highest BCUT2D eigenvalue weighted by Crippen LogP contribution is 2.38. The van der Waals surface area contributed by atoms with E-state index in [1.165, 1.54) is 25.7 Å². The first-order valence-corrected chi connectivity index (χ1v) is 6.07. The summed E-state index contributed by atoms with van der Waals surface area (Å²) in [5, 5.41) is 0. The first kappa shape index (κ1) is 10.4. The molecule has 0 unspecified atom stereocenters. The number of rotatable bonds is 1. The number of nitrogens with two attached hydrogens (primary N) is 1. The van der Waals surface area contributed by atoms with Crippen LogP contribution in [0, 0.1) is 11.8 Å². The molecular weight excluding hydrogens is 174 g/mol.